The number of carboxylic acids is 1. The molecule has 3 heterocycles. The summed E-state index contributed by atoms with van der Waals surface area (Å²) in [7, 11) is 0. The van der Waals surface area contributed by atoms with Gasteiger partial charge in [0.1, 0.15) is 0 Å². The molecule has 0 saturated carbocycles. The predicted molar refractivity (Wildman–Crippen MR) is 57.6 cm³/mol. The van der Waals surface area contributed by atoms with Crippen molar-refractivity contribution >= 4 is 11.7 Å². The Morgan fingerprint density at radius 3 is 2.73 bits per heavy atom. The highest BCUT2D eigenvalue weighted by Crippen LogP contribution is 2.42. The molecule has 2 bridgehead atoms. The van der Waals surface area contributed by atoms with Crippen LogP contribution in [0.15, 0.2) is 18.2 Å². The second-order valence-corrected chi connectivity index (χ2v) is 4.34. The number of carbonyl (C=O) groups is 1. The van der Waals surface area contributed by atoms with Crippen LogP contribution in [-0.2, 0) is 0 Å². The van der Waals surface area contributed by atoms with Crippen molar-refractivity contribution in [2.75, 3.05) is 18.0 Å². The van der Waals surface area contributed by atoms with Gasteiger partial charge in [-0.25, -0.2) is 4.79 Å². The average molecular weight is 203 g/mol. The van der Waals surface area contributed by atoms with Crippen LogP contribution in [-0.4, -0.2) is 24.2 Å². The van der Waals surface area contributed by atoms with E-state index < -0.39 is 5.97 Å². The van der Waals surface area contributed by atoms with Gasteiger partial charge in [0.15, 0.2) is 0 Å². The van der Waals surface area contributed by atoms with E-state index in [9.17, 15) is 4.79 Å². The van der Waals surface area contributed by atoms with Crippen molar-refractivity contribution in [2.24, 2.45) is 0 Å². The third kappa shape index (κ3) is 1.23. The van der Waals surface area contributed by atoms with E-state index in [2.05, 4.69) is 4.90 Å². The molecule has 1 saturated heterocycles. The predicted octanol–water partition coefficient (Wildman–Crippen LogP) is 2.08. The van der Waals surface area contributed by atoms with E-state index in [1.165, 1.54) is 24.1 Å². The zero-order valence-electron chi connectivity index (χ0n) is 8.44. The maximum absolute atomic E-state index is 10.9. The molecule has 0 spiro atoms. The fourth-order valence-electron chi connectivity index (χ4n) is 2.73. The first-order chi connectivity index (χ1) is 7.25. The number of benzene rings is 1. The van der Waals surface area contributed by atoms with Gasteiger partial charge < -0.3 is 10.0 Å². The van der Waals surface area contributed by atoms with Gasteiger partial charge in [-0.15, -0.1) is 0 Å². The molecule has 15 heavy (non-hydrogen) atoms. The minimum atomic E-state index is -0.825. The molecule has 0 radical (unpaired) electrons. The van der Waals surface area contributed by atoms with Crippen LogP contribution in [0.1, 0.15) is 34.7 Å². The number of carboxylic acid groups (broad SMARTS) is 1. The smallest absolute Gasteiger partial charge is 0.335 e. The first-order valence-electron chi connectivity index (χ1n) is 5.38. The first-order valence-corrected chi connectivity index (χ1v) is 5.38. The average Bonchev–Trinajstić information content (AvgIpc) is 2.30. The molecular formula is C12H13NO2. The summed E-state index contributed by atoms with van der Waals surface area (Å²) in [6.07, 6.45) is 2.35. The number of nitrogens with zero attached hydrogens (tertiary/aromatic N) is 1. The SMILES string of the molecule is O=C(O)c1ccc2c(c1)C1CCN2CC1. The lowest BCUT2D eigenvalue weighted by Crippen LogP contribution is -2.38. The van der Waals surface area contributed by atoms with Gasteiger partial charge in [0.05, 0.1) is 5.56 Å². The molecule has 3 aliphatic rings. The molecule has 0 atom stereocenters. The molecule has 1 N–H and O–H groups in total. The monoisotopic (exact) mass is 203 g/mol. The highest BCUT2D eigenvalue weighted by atomic mass is 16.4. The molecule has 78 valence electrons. The third-order valence-electron chi connectivity index (χ3n) is 3.55. The Morgan fingerprint density at radius 2 is 2.07 bits per heavy atom. The molecule has 1 fully saturated rings. The maximum Gasteiger partial charge on any atom is 0.335 e. The van der Waals surface area contributed by atoms with E-state index in [0.717, 1.165) is 13.1 Å². The second-order valence-electron chi connectivity index (χ2n) is 4.34. The number of aromatic carboxylic acids is 1. The molecule has 4 rings (SSSR count). The van der Waals surface area contributed by atoms with Crippen LogP contribution in [0.25, 0.3) is 0 Å². The van der Waals surface area contributed by atoms with Crippen molar-refractivity contribution in [3.05, 3.63) is 29.3 Å². The topological polar surface area (TPSA) is 40.5 Å². The van der Waals surface area contributed by atoms with Gasteiger partial charge in [-0.2, -0.15) is 0 Å². The van der Waals surface area contributed by atoms with Crippen LogP contribution in [0, 0.1) is 0 Å². The quantitative estimate of drug-likeness (QED) is 0.759. The summed E-state index contributed by atoms with van der Waals surface area (Å²) in [5.41, 5.74) is 2.91. The summed E-state index contributed by atoms with van der Waals surface area (Å²) in [5, 5.41) is 8.94. The summed E-state index contributed by atoms with van der Waals surface area (Å²) in [6.45, 7) is 2.26. The Morgan fingerprint density at radius 1 is 1.33 bits per heavy atom. The number of hydrogen-bond donors (Lipinski definition) is 1. The van der Waals surface area contributed by atoms with Gasteiger partial charge in [0.2, 0.25) is 0 Å². The largest absolute Gasteiger partial charge is 0.478 e. The van der Waals surface area contributed by atoms with Crippen LogP contribution >= 0.6 is 0 Å². The van der Waals surface area contributed by atoms with Crippen molar-refractivity contribution in [3.8, 4) is 0 Å². The fraction of sp³-hybridized carbons (Fsp3) is 0.417. The van der Waals surface area contributed by atoms with Crippen LogP contribution in [0.2, 0.25) is 0 Å². The maximum atomic E-state index is 10.9. The van der Waals surface area contributed by atoms with E-state index in [0.29, 0.717) is 11.5 Å². The second kappa shape index (κ2) is 2.99. The van der Waals surface area contributed by atoms with Gasteiger partial charge in [-0.1, -0.05) is 0 Å². The third-order valence-corrected chi connectivity index (χ3v) is 3.55. The van der Waals surface area contributed by atoms with Gasteiger partial charge >= 0.3 is 5.97 Å². The van der Waals surface area contributed by atoms with Crippen LogP contribution in [0.3, 0.4) is 0 Å². The lowest BCUT2D eigenvalue weighted by Gasteiger charge is -2.42. The molecule has 0 unspecified atom stereocenters. The van der Waals surface area contributed by atoms with E-state index in [-0.39, 0.29) is 0 Å². The minimum Gasteiger partial charge on any atom is -0.478 e. The van der Waals surface area contributed by atoms with Crippen molar-refractivity contribution < 1.29 is 9.90 Å². The molecule has 1 aromatic carbocycles. The zero-order chi connectivity index (χ0) is 10.4. The van der Waals surface area contributed by atoms with Gasteiger partial charge in [-0.3, -0.25) is 0 Å². The Kier molecular flexibility index (Phi) is 1.75. The summed E-state index contributed by atoms with van der Waals surface area (Å²) in [4.78, 5) is 13.2. The lowest BCUT2D eigenvalue weighted by atomic mass is 9.82. The Bertz CT molecular complexity index is 420. The fourth-order valence-corrected chi connectivity index (χ4v) is 2.73. The Balaban J connectivity index is 2.12. The Hall–Kier alpha value is -1.51. The molecule has 0 aliphatic carbocycles. The minimum absolute atomic E-state index is 0.419. The summed E-state index contributed by atoms with van der Waals surface area (Å²) < 4.78 is 0. The van der Waals surface area contributed by atoms with Crippen molar-refractivity contribution in [3.63, 3.8) is 0 Å². The van der Waals surface area contributed by atoms with Crippen LogP contribution in [0.5, 0.6) is 0 Å². The van der Waals surface area contributed by atoms with E-state index in [4.69, 9.17) is 5.11 Å². The number of hydrogen-bond acceptors (Lipinski definition) is 2. The molecule has 0 amide bonds. The molecular weight excluding hydrogens is 190 g/mol. The normalized spacial score (nSPS) is 19.1. The molecule has 3 aliphatic heterocycles. The van der Waals surface area contributed by atoms with Crippen molar-refractivity contribution in [2.45, 2.75) is 18.8 Å². The van der Waals surface area contributed by atoms with E-state index in [1.54, 1.807) is 6.07 Å². The van der Waals surface area contributed by atoms with Gasteiger partial charge in [0.25, 0.3) is 0 Å². The summed E-state index contributed by atoms with van der Waals surface area (Å²) in [5.74, 6) is -0.237. The zero-order valence-corrected chi connectivity index (χ0v) is 8.44. The highest BCUT2D eigenvalue weighted by molar-refractivity contribution is 5.89. The lowest BCUT2D eigenvalue weighted by molar-refractivity contribution is 0.0696. The van der Waals surface area contributed by atoms with Gasteiger partial charge in [0, 0.05) is 18.8 Å². The number of piperidine rings is 1. The molecule has 3 heteroatoms. The number of fused-ring (bicyclic) bond motifs is 2. The number of rotatable bonds is 1. The summed E-state index contributed by atoms with van der Waals surface area (Å²) in [6, 6.07) is 5.53. The Labute approximate surface area is 88.3 Å². The molecule has 1 aromatic rings. The standard InChI is InChI=1S/C12H13NO2/c14-12(15)9-1-2-11-10(7-9)8-3-5-13(11)6-4-8/h1-2,7-8H,3-6H2,(H,14,15). The first kappa shape index (κ1) is 8.77. The van der Waals surface area contributed by atoms with Crippen molar-refractivity contribution in [1.29, 1.82) is 0 Å². The highest BCUT2D eigenvalue weighted by Gasteiger charge is 2.30. The molecule has 3 nitrogen and oxygen atoms in total. The van der Waals surface area contributed by atoms with Crippen LogP contribution < -0.4 is 4.90 Å². The summed E-state index contributed by atoms with van der Waals surface area (Å²) >= 11 is 0. The van der Waals surface area contributed by atoms with Gasteiger partial charge in [-0.05, 0) is 42.5 Å². The van der Waals surface area contributed by atoms with Crippen LogP contribution in [0.4, 0.5) is 5.69 Å². The van der Waals surface area contributed by atoms with Crippen molar-refractivity contribution in [1.82, 2.24) is 0 Å². The van der Waals surface area contributed by atoms with E-state index >= 15 is 0 Å². The number of anilines is 1. The van der Waals surface area contributed by atoms with E-state index in [1.807, 2.05) is 12.1 Å². The molecule has 0 aromatic heterocycles.